The number of hydrogen-bond acceptors (Lipinski definition) is 4. The monoisotopic (exact) mass is 357 g/mol. The van der Waals surface area contributed by atoms with E-state index in [0.29, 0.717) is 0 Å². The standard InChI is InChI=1S/C21H31N3S/c1-3-15(2)6-4-7-16-10-12-24(13-11-16)20-19-17-8-5-9-18(17)25-21(19)23-14-22-20/h14-16H,3-13H2,1-2H3. The van der Waals surface area contributed by atoms with Gasteiger partial charge in [-0.3, -0.25) is 0 Å². The second-order valence-electron chi connectivity index (χ2n) is 8.11. The van der Waals surface area contributed by atoms with Gasteiger partial charge < -0.3 is 4.90 Å². The van der Waals surface area contributed by atoms with E-state index in [2.05, 4.69) is 23.7 Å². The molecule has 0 spiro atoms. The van der Waals surface area contributed by atoms with Gasteiger partial charge in [-0.25, -0.2) is 9.97 Å². The van der Waals surface area contributed by atoms with Crippen molar-refractivity contribution in [3.8, 4) is 0 Å². The number of hydrogen-bond donors (Lipinski definition) is 0. The lowest BCUT2D eigenvalue weighted by Crippen LogP contribution is -2.34. The van der Waals surface area contributed by atoms with Crippen molar-refractivity contribution in [1.82, 2.24) is 9.97 Å². The van der Waals surface area contributed by atoms with E-state index in [1.54, 1.807) is 16.8 Å². The number of nitrogens with zero attached hydrogens (tertiary/aromatic N) is 3. The molecule has 3 nitrogen and oxygen atoms in total. The van der Waals surface area contributed by atoms with Gasteiger partial charge in [-0.05, 0) is 49.5 Å². The summed E-state index contributed by atoms with van der Waals surface area (Å²) in [5.74, 6) is 3.04. The lowest BCUT2D eigenvalue weighted by atomic mass is 9.89. The van der Waals surface area contributed by atoms with Gasteiger partial charge in [-0.15, -0.1) is 11.3 Å². The summed E-state index contributed by atoms with van der Waals surface area (Å²) in [5, 5.41) is 1.38. The first-order chi connectivity index (χ1) is 12.3. The molecule has 1 fully saturated rings. The number of fused-ring (bicyclic) bond motifs is 3. The van der Waals surface area contributed by atoms with Gasteiger partial charge in [0, 0.05) is 18.0 Å². The Labute approximate surface area is 155 Å². The van der Waals surface area contributed by atoms with Gasteiger partial charge in [0.2, 0.25) is 0 Å². The van der Waals surface area contributed by atoms with Crippen molar-refractivity contribution < 1.29 is 0 Å². The Morgan fingerprint density at radius 3 is 2.88 bits per heavy atom. The highest BCUT2D eigenvalue weighted by Gasteiger charge is 2.26. The Bertz CT molecular complexity index is 715. The smallest absolute Gasteiger partial charge is 0.141 e. The van der Waals surface area contributed by atoms with Crippen LogP contribution in [-0.4, -0.2) is 23.1 Å². The molecule has 3 heterocycles. The van der Waals surface area contributed by atoms with E-state index < -0.39 is 0 Å². The molecule has 0 radical (unpaired) electrons. The number of anilines is 1. The Kier molecular flexibility index (Phi) is 5.25. The van der Waals surface area contributed by atoms with Gasteiger partial charge in [0.05, 0.1) is 5.39 Å². The molecule has 0 amide bonds. The summed E-state index contributed by atoms with van der Waals surface area (Å²) < 4.78 is 0. The molecule has 0 N–H and O–H groups in total. The van der Waals surface area contributed by atoms with Crippen LogP contribution >= 0.6 is 11.3 Å². The van der Waals surface area contributed by atoms with Gasteiger partial charge in [-0.2, -0.15) is 0 Å². The lowest BCUT2D eigenvalue weighted by molar-refractivity contribution is 0.352. The van der Waals surface area contributed by atoms with Crippen LogP contribution < -0.4 is 4.90 Å². The maximum atomic E-state index is 4.72. The molecule has 1 aliphatic carbocycles. The Balaban J connectivity index is 1.41. The second-order valence-corrected chi connectivity index (χ2v) is 9.19. The number of piperidine rings is 1. The molecule has 25 heavy (non-hydrogen) atoms. The van der Waals surface area contributed by atoms with Crippen LogP contribution in [0.4, 0.5) is 5.82 Å². The molecule has 2 aromatic heterocycles. The topological polar surface area (TPSA) is 29.0 Å². The van der Waals surface area contributed by atoms with Crippen LogP contribution in [-0.2, 0) is 12.8 Å². The zero-order valence-corrected chi connectivity index (χ0v) is 16.6. The molecule has 1 saturated heterocycles. The van der Waals surface area contributed by atoms with Gasteiger partial charge in [-0.1, -0.05) is 39.5 Å². The SMILES string of the molecule is CCC(C)CCCC1CCN(c2ncnc3sc4c(c23)CCC4)CC1. The van der Waals surface area contributed by atoms with E-state index in [1.165, 1.54) is 86.9 Å². The van der Waals surface area contributed by atoms with Crippen LogP contribution in [0.3, 0.4) is 0 Å². The molecule has 0 bridgehead atoms. The normalized spacial score (nSPS) is 19.5. The molecule has 1 aliphatic heterocycles. The average molecular weight is 358 g/mol. The maximum absolute atomic E-state index is 4.72. The Morgan fingerprint density at radius 2 is 2.08 bits per heavy atom. The summed E-state index contributed by atoms with van der Waals surface area (Å²) in [6.45, 7) is 7.05. The summed E-state index contributed by atoms with van der Waals surface area (Å²) in [4.78, 5) is 14.6. The van der Waals surface area contributed by atoms with Crippen molar-refractivity contribution >= 4 is 27.4 Å². The van der Waals surface area contributed by atoms with Crippen molar-refractivity contribution in [3.63, 3.8) is 0 Å². The quantitative estimate of drug-likeness (QED) is 0.672. The molecule has 136 valence electrons. The highest BCUT2D eigenvalue weighted by molar-refractivity contribution is 7.19. The second kappa shape index (κ2) is 7.61. The van der Waals surface area contributed by atoms with Crippen molar-refractivity contribution in [1.29, 1.82) is 0 Å². The van der Waals surface area contributed by atoms with Crippen LogP contribution in [0.15, 0.2) is 6.33 Å². The summed E-state index contributed by atoms with van der Waals surface area (Å²) in [6.07, 6.45) is 13.8. The maximum Gasteiger partial charge on any atom is 0.141 e. The summed E-state index contributed by atoms with van der Waals surface area (Å²) in [7, 11) is 0. The first kappa shape index (κ1) is 17.3. The van der Waals surface area contributed by atoms with E-state index in [9.17, 15) is 0 Å². The fourth-order valence-electron chi connectivity index (χ4n) is 4.54. The highest BCUT2D eigenvalue weighted by Crippen LogP contribution is 2.41. The van der Waals surface area contributed by atoms with E-state index in [4.69, 9.17) is 4.98 Å². The minimum Gasteiger partial charge on any atom is -0.356 e. The largest absolute Gasteiger partial charge is 0.356 e. The third-order valence-corrected chi connectivity index (χ3v) is 7.60. The molecule has 1 unspecified atom stereocenters. The van der Waals surface area contributed by atoms with Gasteiger partial charge in [0.15, 0.2) is 0 Å². The van der Waals surface area contributed by atoms with E-state index in [-0.39, 0.29) is 0 Å². The minimum absolute atomic E-state index is 0.898. The van der Waals surface area contributed by atoms with Crippen LogP contribution in [0.25, 0.3) is 10.2 Å². The number of aryl methyl sites for hydroxylation is 2. The molecule has 2 aromatic rings. The Hall–Kier alpha value is -1.16. The van der Waals surface area contributed by atoms with Crippen LogP contribution in [0.5, 0.6) is 0 Å². The lowest BCUT2D eigenvalue weighted by Gasteiger charge is -2.33. The van der Waals surface area contributed by atoms with Crippen LogP contribution in [0, 0.1) is 11.8 Å². The first-order valence-corrected chi connectivity index (χ1v) is 11.1. The van der Waals surface area contributed by atoms with Crippen molar-refractivity contribution in [2.24, 2.45) is 11.8 Å². The van der Waals surface area contributed by atoms with Gasteiger partial charge >= 0.3 is 0 Å². The fourth-order valence-corrected chi connectivity index (χ4v) is 5.77. The predicted octanol–water partition coefficient (Wildman–Crippen LogP) is 5.61. The third kappa shape index (κ3) is 3.55. The molecule has 1 atom stereocenters. The predicted molar refractivity (Wildman–Crippen MR) is 108 cm³/mol. The number of thiophene rings is 1. The zero-order chi connectivity index (χ0) is 17.2. The Morgan fingerprint density at radius 1 is 1.24 bits per heavy atom. The van der Waals surface area contributed by atoms with Gasteiger partial charge in [0.1, 0.15) is 17.0 Å². The number of aromatic nitrogens is 2. The molecule has 0 saturated carbocycles. The zero-order valence-electron chi connectivity index (χ0n) is 15.8. The first-order valence-electron chi connectivity index (χ1n) is 10.3. The summed E-state index contributed by atoms with van der Waals surface area (Å²) in [6, 6.07) is 0. The highest BCUT2D eigenvalue weighted by atomic mass is 32.1. The minimum atomic E-state index is 0.898. The fraction of sp³-hybridized carbons (Fsp3) is 0.714. The summed E-state index contributed by atoms with van der Waals surface area (Å²) >= 11 is 1.90. The molecule has 2 aliphatic rings. The molecule has 4 heteroatoms. The van der Waals surface area contributed by atoms with E-state index >= 15 is 0 Å². The van der Waals surface area contributed by atoms with E-state index in [1.807, 2.05) is 11.3 Å². The van der Waals surface area contributed by atoms with Crippen molar-refractivity contribution in [3.05, 3.63) is 16.8 Å². The van der Waals surface area contributed by atoms with Crippen LogP contribution in [0.2, 0.25) is 0 Å². The molecular weight excluding hydrogens is 326 g/mol. The van der Waals surface area contributed by atoms with Crippen molar-refractivity contribution in [2.45, 2.75) is 71.6 Å². The molecule has 0 aromatic carbocycles. The molecule has 4 rings (SSSR count). The molecular formula is C21H31N3S. The van der Waals surface area contributed by atoms with Gasteiger partial charge in [0.25, 0.3) is 0 Å². The van der Waals surface area contributed by atoms with E-state index in [0.717, 1.165) is 11.8 Å². The average Bonchev–Trinajstić information content (AvgIpc) is 3.23. The summed E-state index contributed by atoms with van der Waals surface area (Å²) in [5.41, 5.74) is 1.56. The van der Waals surface area contributed by atoms with Crippen LogP contribution in [0.1, 0.15) is 69.2 Å². The van der Waals surface area contributed by atoms with Crippen molar-refractivity contribution in [2.75, 3.05) is 18.0 Å². The third-order valence-electron chi connectivity index (χ3n) is 6.40. The number of rotatable bonds is 6.